The van der Waals surface area contributed by atoms with Crippen LogP contribution in [0.2, 0.25) is 0 Å². The maximum absolute atomic E-state index is 12.1. The number of nitrogens with zero attached hydrogens (tertiary/aromatic N) is 3. The average Bonchev–Trinajstić information content (AvgIpc) is 2.74. The van der Waals surface area contributed by atoms with Gasteiger partial charge in [0.15, 0.2) is 5.82 Å². The van der Waals surface area contributed by atoms with Gasteiger partial charge in [-0.05, 0) is 6.07 Å². The van der Waals surface area contributed by atoms with Gasteiger partial charge in [-0.25, -0.2) is 0 Å². The predicted molar refractivity (Wildman–Crippen MR) is 79.1 cm³/mol. The normalized spacial score (nSPS) is 14.9. The Morgan fingerprint density at radius 3 is 3.05 bits per heavy atom. The van der Waals surface area contributed by atoms with E-state index in [2.05, 4.69) is 15.3 Å². The molecule has 0 bridgehead atoms. The number of rotatable bonds is 3. The summed E-state index contributed by atoms with van der Waals surface area (Å²) < 4.78 is 7.35. The van der Waals surface area contributed by atoms with Crippen molar-refractivity contribution in [1.29, 1.82) is 0 Å². The smallest absolute Gasteiger partial charge is 0.239 e. The molecule has 0 spiro atoms. The fourth-order valence-corrected chi connectivity index (χ4v) is 2.38. The highest BCUT2D eigenvalue weighted by molar-refractivity contribution is 5.91. The van der Waals surface area contributed by atoms with Crippen LogP contribution in [0.15, 0.2) is 36.5 Å². The molecule has 1 aromatic heterocycles. The second kappa shape index (κ2) is 5.97. The molecule has 0 unspecified atom stereocenters. The summed E-state index contributed by atoms with van der Waals surface area (Å²) in [6.07, 6.45) is 1.80. The summed E-state index contributed by atoms with van der Waals surface area (Å²) in [6.45, 7) is 2.36. The van der Waals surface area contributed by atoms with E-state index in [1.807, 2.05) is 31.3 Å². The van der Waals surface area contributed by atoms with Crippen molar-refractivity contribution < 1.29 is 9.53 Å². The Balaban J connectivity index is 1.61. The lowest BCUT2D eigenvalue weighted by atomic mass is 10.2. The number of nitrogens with one attached hydrogen (secondary N) is 1. The minimum atomic E-state index is -0.0620. The van der Waals surface area contributed by atoms with Crippen LogP contribution in [0.25, 0.3) is 0 Å². The van der Waals surface area contributed by atoms with Crippen molar-refractivity contribution in [3.63, 3.8) is 0 Å². The lowest BCUT2D eigenvalue weighted by Crippen LogP contribution is -2.34. The molecule has 1 N–H and O–H groups in total. The van der Waals surface area contributed by atoms with Gasteiger partial charge >= 0.3 is 0 Å². The van der Waals surface area contributed by atoms with Crippen molar-refractivity contribution in [2.24, 2.45) is 7.05 Å². The molecule has 1 aromatic carbocycles. The first-order chi connectivity index (χ1) is 10.2. The van der Waals surface area contributed by atoms with E-state index in [9.17, 15) is 4.79 Å². The minimum absolute atomic E-state index is 0.0620. The zero-order chi connectivity index (χ0) is 14.7. The van der Waals surface area contributed by atoms with Crippen LogP contribution >= 0.6 is 0 Å². The van der Waals surface area contributed by atoms with Gasteiger partial charge in [-0.2, -0.15) is 5.10 Å². The summed E-state index contributed by atoms with van der Waals surface area (Å²) in [4.78, 5) is 14.1. The summed E-state index contributed by atoms with van der Waals surface area (Å²) in [5, 5.41) is 6.94. The SMILES string of the molecule is Cn1ccc(NC(=O)CN2CCOc3ccccc3C2)n1. The maximum Gasteiger partial charge on any atom is 0.239 e. The monoisotopic (exact) mass is 286 g/mol. The first-order valence-corrected chi connectivity index (χ1v) is 6.93. The molecular formula is C15H18N4O2. The molecule has 1 aliphatic rings. The van der Waals surface area contributed by atoms with Crippen molar-refractivity contribution in [1.82, 2.24) is 14.7 Å². The number of amides is 1. The molecule has 110 valence electrons. The molecular weight excluding hydrogens is 268 g/mol. The zero-order valence-corrected chi connectivity index (χ0v) is 12.0. The number of anilines is 1. The van der Waals surface area contributed by atoms with Crippen molar-refractivity contribution >= 4 is 11.7 Å². The zero-order valence-electron chi connectivity index (χ0n) is 12.0. The molecule has 0 saturated carbocycles. The first kappa shape index (κ1) is 13.6. The summed E-state index contributed by atoms with van der Waals surface area (Å²) in [5.74, 6) is 1.42. The summed E-state index contributed by atoms with van der Waals surface area (Å²) in [5.41, 5.74) is 1.11. The molecule has 2 aromatic rings. The Kier molecular flexibility index (Phi) is 3.87. The number of carbonyl (C=O) groups is 1. The Labute approximate surface area is 123 Å². The Morgan fingerprint density at radius 1 is 1.38 bits per heavy atom. The number of aryl methyl sites for hydroxylation is 1. The van der Waals surface area contributed by atoms with Crippen LogP contribution < -0.4 is 10.1 Å². The van der Waals surface area contributed by atoms with Gasteiger partial charge in [0.1, 0.15) is 12.4 Å². The number of ether oxygens (including phenoxy) is 1. The lowest BCUT2D eigenvalue weighted by Gasteiger charge is -2.18. The summed E-state index contributed by atoms with van der Waals surface area (Å²) in [7, 11) is 1.82. The van der Waals surface area contributed by atoms with E-state index in [0.717, 1.165) is 17.9 Å². The standard InChI is InChI=1S/C15H18N4O2/c1-18-7-6-14(17-18)16-15(20)11-19-8-9-21-13-5-3-2-4-12(13)10-19/h2-7H,8-11H2,1H3,(H,16,17,20). The molecule has 3 rings (SSSR count). The summed E-state index contributed by atoms with van der Waals surface area (Å²) >= 11 is 0. The lowest BCUT2D eigenvalue weighted by molar-refractivity contribution is -0.117. The molecule has 0 saturated heterocycles. The molecule has 0 radical (unpaired) electrons. The maximum atomic E-state index is 12.1. The van der Waals surface area contributed by atoms with Gasteiger partial charge < -0.3 is 10.1 Å². The third kappa shape index (κ3) is 3.41. The average molecular weight is 286 g/mol. The van der Waals surface area contributed by atoms with Gasteiger partial charge in [0.25, 0.3) is 0 Å². The van der Waals surface area contributed by atoms with Crippen molar-refractivity contribution in [3.05, 3.63) is 42.1 Å². The number of hydrogen-bond donors (Lipinski definition) is 1. The van der Waals surface area contributed by atoms with E-state index in [4.69, 9.17) is 4.74 Å². The van der Waals surface area contributed by atoms with Crippen molar-refractivity contribution in [2.75, 3.05) is 25.0 Å². The number of fused-ring (bicyclic) bond motifs is 1. The highest BCUT2D eigenvalue weighted by atomic mass is 16.5. The minimum Gasteiger partial charge on any atom is -0.492 e. The summed E-state index contributed by atoms with van der Waals surface area (Å²) in [6, 6.07) is 9.72. The topological polar surface area (TPSA) is 59.4 Å². The Hall–Kier alpha value is -2.34. The number of aromatic nitrogens is 2. The van der Waals surface area contributed by atoms with Crippen LogP contribution in [-0.4, -0.2) is 40.3 Å². The number of benzene rings is 1. The van der Waals surface area contributed by atoms with Crippen LogP contribution in [0.4, 0.5) is 5.82 Å². The molecule has 21 heavy (non-hydrogen) atoms. The van der Waals surface area contributed by atoms with Gasteiger partial charge in [0.2, 0.25) is 5.91 Å². The van der Waals surface area contributed by atoms with E-state index in [1.165, 1.54) is 0 Å². The fraction of sp³-hybridized carbons (Fsp3) is 0.333. The van der Waals surface area contributed by atoms with Crippen LogP contribution in [0.5, 0.6) is 5.75 Å². The molecule has 1 amide bonds. The second-order valence-corrected chi connectivity index (χ2v) is 5.09. The third-order valence-corrected chi connectivity index (χ3v) is 3.38. The molecule has 1 aliphatic heterocycles. The Bertz CT molecular complexity index is 638. The molecule has 0 fully saturated rings. The van der Waals surface area contributed by atoms with Crippen LogP contribution in [0.3, 0.4) is 0 Å². The number of hydrogen-bond acceptors (Lipinski definition) is 4. The first-order valence-electron chi connectivity index (χ1n) is 6.93. The fourth-order valence-electron chi connectivity index (χ4n) is 2.38. The molecule has 6 nitrogen and oxygen atoms in total. The third-order valence-electron chi connectivity index (χ3n) is 3.38. The van der Waals surface area contributed by atoms with E-state index in [-0.39, 0.29) is 5.91 Å². The van der Waals surface area contributed by atoms with Gasteiger partial charge in [0.05, 0.1) is 6.54 Å². The van der Waals surface area contributed by atoms with Crippen LogP contribution in [-0.2, 0) is 18.4 Å². The van der Waals surface area contributed by atoms with E-state index in [0.29, 0.717) is 25.5 Å². The van der Waals surface area contributed by atoms with E-state index >= 15 is 0 Å². The van der Waals surface area contributed by atoms with Gasteiger partial charge in [-0.3, -0.25) is 14.4 Å². The molecule has 0 aliphatic carbocycles. The highest BCUT2D eigenvalue weighted by Crippen LogP contribution is 2.22. The van der Waals surface area contributed by atoms with Gasteiger partial charge in [0, 0.05) is 38.0 Å². The van der Waals surface area contributed by atoms with E-state index in [1.54, 1.807) is 16.9 Å². The van der Waals surface area contributed by atoms with Crippen molar-refractivity contribution in [2.45, 2.75) is 6.54 Å². The van der Waals surface area contributed by atoms with Crippen molar-refractivity contribution in [3.8, 4) is 5.75 Å². The highest BCUT2D eigenvalue weighted by Gasteiger charge is 2.17. The number of para-hydroxylation sites is 1. The molecule has 0 atom stereocenters. The second-order valence-electron chi connectivity index (χ2n) is 5.09. The molecule has 6 heteroatoms. The quantitative estimate of drug-likeness (QED) is 0.922. The van der Waals surface area contributed by atoms with Crippen LogP contribution in [0, 0.1) is 0 Å². The largest absolute Gasteiger partial charge is 0.492 e. The predicted octanol–water partition coefficient (Wildman–Crippen LogP) is 1.25. The number of carbonyl (C=O) groups excluding carboxylic acids is 1. The van der Waals surface area contributed by atoms with Gasteiger partial charge in [-0.15, -0.1) is 0 Å². The Morgan fingerprint density at radius 2 is 2.24 bits per heavy atom. The van der Waals surface area contributed by atoms with Gasteiger partial charge in [-0.1, -0.05) is 18.2 Å². The molecule has 2 heterocycles. The van der Waals surface area contributed by atoms with Crippen LogP contribution in [0.1, 0.15) is 5.56 Å². The van der Waals surface area contributed by atoms with E-state index < -0.39 is 0 Å².